The molecule has 70 valence electrons. The van der Waals surface area contributed by atoms with Gasteiger partial charge in [-0.3, -0.25) is 4.79 Å². The van der Waals surface area contributed by atoms with E-state index in [4.69, 9.17) is 11.6 Å². The van der Waals surface area contributed by atoms with Crippen LogP contribution < -0.4 is 0 Å². The first-order chi connectivity index (χ1) is 5.95. The smallest absolute Gasteiger partial charge is 0.193 e. The Kier molecular flexibility index (Phi) is 2.68. The topological polar surface area (TPSA) is 64.1 Å². The molecule has 0 aliphatic heterocycles. The van der Waals surface area contributed by atoms with Crippen LogP contribution in [-0.2, 0) is 9.84 Å². The van der Waals surface area contributed by atoms with E-state index in [-0.39, 0.29) is 15.7 Å². The predicted molar refractivity (Wildman–Crippen MR) is 47.7 cm³/mol. The number of nitrogens with zero attached hydrogens (tertiary/aromatic N) is 1. The highest BCUT2D eigenvalue weighted by atomic mass is 35.5. The summed E-state index contributed by atoms with van der Waals surface area (Å²) >= 11 is 5.49. The molecule has 0 radical (unpaired) electrons. The van der Waals surface area contributed by atoms with Crippen LogP contribution in [0.3, 0.4) is 0 Å². The third kappa shape index (κ3) is 2.26. The maximum absolute atomic E-state index is 11.1. The SMILES string of the molecule is CS(=O)(=O)c1nc(Cl)ccc1C=O. The van der Waals surface area contributed by atoms with Crippen LogP contribution in [0.1, 0.15) is 10.4 Å². The van der Waals surface area contributed by atoms with Gasteiger partial charge in [-0.2, -0.15) is 0 Å². The number of aromatic nitrogens is 1. The van der Waals surface area contributed by atoms with Gasteiger partial charge in [-0.25, -0.2) is 13.4 Å². The lowest BCUT2D eigenvalue weighted by molar-refractivity contribution is 0.112. The van der Waals surface area contributed by atoms with E-state index in [1.165, 1.54) is 12.1 Å². The van der Waals surface area contributed by atoms with Gasteiger partial charge in [0.25, 0.3) is 0 Å². The molecule has 0 saturated carbocycles. The van der Waals surface area contributed by atoms with Gasteiger partial charge in [-0.05, 0) is 12.1 Å². The molecule has 0 aromatic carbocycles. The van der Waals surface area contributed by atoms with Crippen LogP contribution in [0.15, 0.2) is 17.2 Å². The molecule has 1 heterocycles. The fraction of sp³-hybridized carbons (Fsp3) is 0.143. The van der Waals surface area contributed by atoms with E-state index in [2.05, 4.69) is 4.98 Å². The molecule has 4 nitrogen and oxygen atoms in total. The number of hydrogen-bond acceptors (Lipinski definition) is 4. The number of carbonyl (C=O) groups excluding carboxylic acids is 1. The normalized spacial score (nSPS) is 11.2. The zero-order valence-electron chi connectivity index (χ0n) is 6.69. The summed E-state index contributed by atoms with van der Waals surface area (Å²) in [5.74, 6) is 0. The van der Waals surface area contributed by atoms with Crippen molar-refractivity contribution in [2.24, 2.45) is 0 Å². The minimum atomic E-state index is -3.49. The Morgan fingerprint density at radius 1 is 1.46 bits per heavy atom. The number of rotatable bonds is 2. The molecule has 1 aromatic heterocycles. The Bertz CT molecular complexity index is 441. The third-order valence-electron chi connectivity index (χ3n) is 1.33. The van der Waals surface area contributed by atoms with Crippen LogP contribution in [0, 0.1) is 0 Å². The highest BCUT2D eigenvalue weighted by Crippen LogP contribution is 2.14. The number of aldehydes is 1. The van der Waals surface area contributed by atoms with Crippen LogP contribution in [0.2, 0.25) is 5.15 Å². The van der Waals surface area contributed by atoms with Crippen molar-refractivity contribution in [1.82, 2.24) is 4.98 Å². The number of hydrogen-bond donors (Lipinski definition) is 0. The molecule has 0 aliphatic rings. The van der Waals surface area contributed by atoms with Crippen LogP contribution in [-0.4, -0.2) is 25.9 Å². The molecule has 0 N–H and O–H groups in total. The van der Waals surface area contributed by atoms with Crippen molar-refractivity contribution < 1.29 is 13.2 Å². The van der Waals surface area contributed by atoms with Gasteiger partial charge in [-0.15, -0.1) is 0 Å². The second kappa shape index (κ2) is 3.43. The molecule has 1 aromatic rings. The van der Waals surface area contributed by atoms with E-state index in [0.717, 1.165) is 6.26 Å². The van der Waals surface area contributed by atoms with Gasteiger partial charge >= 0.3 is 0 Å². The van der Waals surface area contributed by atoms with Crippen molar-refractivity contribution in [2.75, 3.05) is 6.26 Å². The molecule has 0 amide bonds. The molecule has 0 aliphatic carbocycles. The zero-order valence-corrected chi connectivity index (χ0v) is 8.26. The average molecular weight is 220 g/mol. The summed E-state index contributed by atoms with van der Waals surface area (Å²) in [4.78, 5) is 14.0. The molecule has 13 heavy (non-hydrogen) atoms. The summed E-state index contributed by atoms with van der Waals surface area (Å²) in [6, 6.07) is 2.68. The molecular weight excluding hydrogens is 214 g/mol. The predicted octanol–water partition coefficient (Wildman–Crippen LogP) is 0.951. The summed E-state index contributed by atoms with van der Waals surface area (Å²) in [6.07, 6.45) is 1.40. The molecule has 6 heteroatoms. The maximum atomic E-state index is 11.1. The van der Waals surface area contributed by atoms with Crippen LogP contribution >= 0.6 is 11.6 Å². The summed E-state index contributed by atoms with van der Waals surface area (Å²) in [6.45, 7) is 0. The lowest BCUT2D eigenvalue weighted by Gasteiger charge is -2.00. The van der Waals surface area contributed by atoms with Gasteiger partial charge in [-0.1, -0.05) is 11.6 Å². The summed E-state index contributed by atoms with van der Waals surface area (Å²) in [7, 11) is -3.49. The van der Waals surface area contributed by atoms with Gasteiger partial charge in [0.2, 0.25) is 0 Å². The monoisotopic (exact) mass is 219 g/mol. The Morgan fingerprint density at radius 3 is 2.54 bits per heavy atom. The third-order valence-corrected chi connectivity index (χ3v) is 2.57. The molecule has 0 spiro atoms. The second-order valence-corrected chi connectivity index (χ2v) is 4.74. The van der Waals surface area contributed by atoms with Crippen LogP contribution in [0.25, 0.3) is 0 Å². The Hall–Kier alpha value is -0.940. The van der Waals surface area contributed by atoms with Crippen molar-refractivity contribution >= 4 is 27.7 Å². The number of carbonyl (C=O) groups is 1. The highest BCUT2D eigenvalue weighted by Gasteiger charge is 2.14. The number of pyridine rings is 1. The summed E-state index contributed by atoms with van der Waals surface area (Å²) < 4.78 is 22.2. The van der Waals surface area contributed by atoms with Gasteiger partial charge in [0.1, 0.15) is 5.15 Å². The number of halogens is 1. The lowest BCUT2D eigenvalue weighted by Crippen LogP contribution is -2.04. The molecule has 0 unspecified atom stereocenters. The van der Waals surface area contributed by atoms with Gasteiger partial charge in [0.15, 0.2) is 21.1 Å². The van der Waals surface area contributed by atoms with Crippen molar-refractivity contribution in [3.8, 4) is 0 Å². The van der Waals surface area contributed by atoms with E-state index in [9.17, 15) is 13.2 Å². The van der Waals surface area contributed by atoms with Crippen LogP contribution in [0.5, 0.6) is 0 Å². The molecule has 0 saturated heterocycles. The van der Waals surface area contributed by atoms with E-state index >= 15 is 0 Å². The fourth-order valence-electron chi connectivity index (χ4n) is 0.815. The van der Waals surface area contributed by atoms with E-state index in [1.54, 1.807) is 0 Å². The maximum Gasteiger partial charge on any atom is 0.193 e. The van der Waals surface area contributed by atoms with Crippen molar-refractivity contribution in [2.45, 2.75) is 5.03 Å². The van der Waals surface area contributed by atoms with Gasteiger partial charge in [0.05, 0.1) is 5.56 Å². The first kappa shape index (κ1) is 10.1. The highest BCUT2D eigenvalue weighted by molar-refractivity contribution is 7.90. The standard InChI is InChI=1S/C7H6ClNO3S/c1-13(11,12)7-5(4-10)2-3-6(8)9-7/h2-4H,1H3. The Balaban J connectivity index is 3.50. The van der Waals surface area contributed by atoms with Gasteiger partial charge in [0, 0.05) is 6.26 Å². The largest absolute Gasteiger partial charge is 0.298 e. The Morgan fingerprint density at radius 2 is 2.08 bits per heavy atom. The number of sulfone groups is 1. The lowest BCUT2D eigenvalue weighted by atomic mass is 10.3. The summed E-state index contributed by atoms with van der Waals surface area (Å²) in [5, 5.41) is -0.235. The van der Waals surface area contributed by atoms with Crippen molar-refractivity contribution in [1.29, 1.82) is 0 Å². The molecule has 0 atom stereocenters. The summed E-state index contributed by atoms with van der Waals surface area (Å²) in [5.41, 5.74) is 0.0203. The second-order valence-electron chi connectivity index (χ2n) is 2.42. The Labute approximate surface area is 80.5 Å². The van der Waals surface area contributed by atoms with E-state index < -0.39 is 9.84 Å². The van der Waals surface area contributed by atoms with E-state index in [0.29, 0.717) is 6.29 Å². The first-order valence-corrected chi connectivity index (χ1v) is 5.54. The minimum absolute atomic E-state index is 0.0203. The molecular formula is C7H6ClNO3S. The van der Waals surface area contributed by atoms with Crippen molar-refractivity contribution in [3.05, 3.63) is 22.8 Å². The van der Waals surface area contributed by atoms with Crippen LogP contribution in [0.4, 0.5) is 0 Å². The van der Waals surface area contributed by atoms with Crippen molar-refractivity contribution in [3.63, 3.8) is 0 Å². The fourth-order valence-corrected chi connectivity index (χ4v) is 1.82. The zero-order chi connectivity index (χ0) is 10.1. The first-order valence-electron chi connectivity index (χ1n) is 3.27. The average Bonchev–Trinajstić information content (AvgIpc) is 2.03. The molecule has 1 rings (SSSR count). The molecule has 0 bridgehead atoms. The minimum Gasteiger partial charge on any atom is -0.298 e. The van der Waals surface area contributed by atoms with Gasteiger partial charge < -0.3 is 0 Å². The molecule has 0 fully saturated rings. The quantitative estimate of drug-likeness (QED) is 0.549. The van der Waals surface area contributed by atoms with E-state index in [1.807, 2.05) is 0 Å².